The molecule has 1 aliphatic heterocycles. The lowest BCUT2D eigenvalue weighted by Gasteiger charge is -2.10. The maximum absolute atomic E-state index is 5.92. The summed E-state index contributed by atoms with van der Waals surface area (Å²) in [6.07, 6.45) is 0. The van der Waals surface area contributed by atoms with Gasteiger partial charge in [-0.15, -0.1) is 0 Å². The molecule has 138 valence electrons. The second-order valence-corrected chi connectivity index (χ2v) is 6.68. The van der Waals surface area contributed by atoms with Gasteiger partial charge in [0.05, 0.1) is 0 Å². The quantitative estimate of drug-likeness (QED) is 0.659. The molecule has 0 spiro atoms. The molecular weight excluding hydrogens is 364 g/mol. The Morgan fingerprint density at radius 3 is 2.48 bits per heavy atom. The highest BCUT2D eigenvalue weighted by Crippen LogP contribution is 2.32. The van der Waals surface area contributed by atoms with E-state index in [1.165, 1.54) is 0 Å². The number of aryl methyl sites for hydroxylation is 1. The summed E-state index contributed by atoms with van der Waals surface area (Å²) in [5.41, 5.74) is 3.09. The van der Waals surface area contributed by atoms with Gasteiger partial charge in [-0.05, 0) is 42.3 Å². The second kappa shape index (κ2) is 7.72. The van der Waals surface area contributed by atoms with Crippen molar-refractivity contribution in [2.24, 2.45) is 0 Å². The van der Waals surface area contributed by atoms with E-state index >= 15 is 0 Å². The van der Waals surface area contributed by atoms with E-state index in [4.69, 9.17) is 21.1 Å². The average Bonchev–Trinajstić information content (AvgIpc) is 3.13. The van der Waals surface area contributed by atoms with Gasteiger partial charge in [0.2, 0.25) is 12.7 Å². The van der Waals surface area contributed by atoms with Crippen LogP contribution in [0.15, 0.2) is 48.5 Å². The molecule has 0 unspecified atom stereocenters. The molecule has 3 aromatic rings. The van der Waals surface area contributed by atoms with Crippen molar-refractivity contribution in [3.63, 3.8) is 0 Å². The lowest BCUT2D eigenvalue weighted by molar-refractivity contribution is 0.174. The number of benzene rings is 2. The Balaban J connectivity index is 1.40. The smallest absolute Gasteiger partial charge is 0.231 e. The van der Waals surface area contributed by atoms with Gasteiger partial charge in [-0.25, -0.2) is 4.98 Å². The summed E-state index contributed by atoms with van der Waals surface area (Å²) in [6.45, 7) is 3.48. The highest BCUT2D eigenvalue weighted by atomic mass is 35.5. The van der Waals surface area contributed by atoms with E-state index in [0.29, 0.717) is 19.0 Å². The van der Waals surface area contributed by atoms with Gasteiger partial charge in [-0.3, -0.25) is 0 Å². The predicted octanol–water partition coefficient (Wildman–Crippen LogP) is 4.39. The van der Waals surface area contributed by atoms with E-state index in [1.807, 2.05) is 55.5 Å². The van der Waals surface area contributed by atoms with E-state index < -0.39 is 0 Å². The highest BCUT2D eigenvalue weighted by Gasteiger charge is 2.13. The van der Waals surface area contributed by atoms with Gasteiger partial charge in [-0.2, -0.15) is 4.98 Å². The normalized spacial score (nSPS) is 12.1. The Kier molecular flexibility index (Phi) is 4.98. The first-order valence-corrected chi connectivity index (χ1v) is 9.00. The van der Waals surface area contributed by atoms with E-state index in [1.54, 1.807) is 0 Å². The van der Waals surface area contributed by atoms with E-state index in [-0.39, 0.29) is 6.79 Å². The summed E-state index contributed by atoms with van der Waals surface area (Å²) in [7, 11) is 0. The minimum Gasteiger partial charge on any atom is -0.454 e. The van der Waals surface area contributed by atoms with Crippen molar-refractivity contribution < 1.29 is 9.47 Å². The molecule has 0 aliphatic carbocycles. The summed E-state index contributed by atoms with van der Waals surface area (Å²) < 4.78 is 10.8. The fourth-order valence-electron chi connectivity index (χ4n) is 2.77. The molecule has 27 heavy (non-hydrogen) atoms. The van der Waals surface area contributed by atoms with Crippen molar-refractivity contribution in [3.8, 4) is 11.5 Å². The van der Waals surface area contributed by atoms with Gasteiger partial charge >= 0.3 is 0 Å². The first-order valence-electron chi connectivity index (χ1n) is 8.62. The Morgan fingerprint density at radius 1 is 0.889 bits per heavy atom. The number of nitrogens with one attached hydrogen (secondary N) is 2. The minimum absolute atomic E-state index is 0.278. The zero-order chi connectivity index (χ0) is 18.6. The summed E-state index contributed by atoms with van der Waals surface area (Å²) >= 11 is 5.92. The number of halogens is 1. The van der Waals surface area contributed by atoms with Gasteiger partial charge in [0.25, 0.3) is 0 Å². The monoisotopic (exact) mass is 382 g/mol. The molecule has 0 bridgehead atoms. The Hall–Kier alpha value is -2.99. The van der Waals surface area contributed by atoms with Crippen LogP contribution >= 0.6 is 11.6 Å². The van der Waals surface area contributed by atoms with Gasteiger partial charge < -0.3 is 20.1 Å². The van der Waals surface area contributed by atoms with Crippen LogP contribution in [0.3, 0.4) is 0 Å². The lowest BCUT2D eigenvalue weighted by atomic mass is 10.2. The van der Waals surface area contributed by atoms with Crippen LogP contribution in [-0.2, 0) is 13.1 Å². The zero-order valence-electron chi connectivity index (χ0n) is 14.8. The maximum Gasteiger partial charge on any atom is 0.231 e. The largest absolute Gasteiger partial charge is 0.454 e. The molecule has 6 nitrogen and oxygen atoms in total. The summed E-state index contributed by atoms with van der Waals surface area (Å²) in [4.78, 5) is 8.98. The first kappa shape index (κ1) is 17.4. The Labute approximate surface area is 162 Å². The predicted molar refractivity (Wildman–Crippen MR) is 105 cm³/mol. The van der Waals surface area contributed by atoms with Crippen LogP contribution < -0.4 is 20.1 Å². The molecule has 0 amide bonds. The molecule has 0 fully saturated rings. The number of nitrogens with zero attached hydrogens (tertiary/aromatic N) is 2. The van der Waals surface area contributed by atoms with Crippen LogP contribution in [0.4, 0.5) is 11.8 Å². The van der Waals surface area contributed by atoms with Crippen molar-refractivity contribution in [3.05, 3.63) is 70.4 Å². The van der Waals surface area contributed by atoms with Crippen LogP contribution in [-0.4, -0.2) is 16.8 Å². The lowest BCUT2D eigenvalue weighted by Crippen LogP contribution is -2.08. The molecule has 2 N–H and O–H groups in total. The molecule has 4 rings (SSSR count). The third-order valence-corrected chi connectivity index (χ3v) is 4.38. The first-order chi connectivity index (χ1) is 13.2. The number of hydrogen-bond donors (Lipinski definition) is 2. The molecule has 0 radical (unpaired) electrons. The van der Waals surface area contributed by atoms with Crippen molar-refractivity contribution in [2.45, 2.75) is 20.0 Å². The highest BCUT2D eigenvalue weighted by molar-refractivity contribution is 6.30. The number of anilines is 2. The van der Waals surface area contributed by atoms with E-state index in [2.05, 4.69) is 20.6 Å². The summed E-state index contributed by atoms with van der Waals surface area (Å²) in [5, 5.41) is 7.31. The third-order valence-electron chi connectivity index (χ3n) is 4.13. The number of ether oxygens (including phenoxy) is 2. The topological polar surface area (TPSA) is 68.3 Å². The summed E-state index contributed by atoms with van der Waals surface area (Å²) in [5.74, 6) is 2.90. The van der Waals surface area contributed by atoms with Crippen LogP contribution in [0.2, 0.25) is 5.02 Å². The number of fused-ring (bicyclic) bond motifs is 1. The van der Waals surface area contributed by atoms with Gasteiger partial charge in [0.1, 0.15) is 5.82 Å². The zero-order valence-corrected chi connectivity index (χ0v) is 15.6. The molecule has 2 aromatic carbocycles. The van der Waals surface area contributed by atoms with E-state index in [9.17, 15) is 0 Å². The Morgan fingerprint density at radius 2 is 1.63 bits per heavy atom. The Bertz CT molecular complexity index is 947. The molecule has 7 heteroatoms. The molecule has 0 atom stereocenters. The molecular formula is C20H19ClN4O2. The van der Waals surface area contributed by atoms with Crippen molar-refractivity contribution in [2.75, 3.05) is 17.4 Å². The standard InChI is InChI=1S/C20H19ClN4O2/c1-13-8-19(22-11-15-4-7-17-18(9-15)27-12-26-17)25-20(24-13)23-10-14-2-5-16(21)6-3-14/h2-9H,10-12H2,1H3,(H2,22,23,24,25). The van der Waals surface area contributed by atoms with Gasteiger partial charge in [-0.1, -0.05) is 29.8 Å². The molecule has 2 heterocycles. The van der Waals surface area contributed by atoms with Crippen molar-refractivity contribution >= 4 is 23.4 Å². The number of rotatable bonds is 6. The molecule has 1 aromatic heterocycles. The molecule has 0 saturated heterocycles. The fourth-order valence-corrected chi connectivity index (χ4v) is 2.89. The van der Waals surface area contributed by atoms with Crippen LogP contribution in [0.1, 0.15) is 16.8 Å². The SMILES string of the molecule is Cc1cc(NCc2ccc3c(c2)OCO3)nc(NCc2ccc(Cl)cc2)n1. The second-order valence-electron chi connectivity index (χ2n) is 6.24. The van der Waals surface area contributed by atoms with Crippen molar-refractivity contribution in [1.82, 2.24) is 9.97 Å². The maximum atomic E-state index is 5.92. The van der Waals surface area contributed by atoms with Crippen LogP contribution in [0, 0.1) is 6.92 Å². The van der Waals surface area contributed by atoms with Crippen LogP contribution in [0.25, 0.3) is 0 Å². The number of hydrogen-bond acceptors (Lipinski definition) is 6. The number of aromatic nitrogens is 2. The van der Waals surface area contributed by atoms with Crippen LogP contribution in [0.5, 0.6) is 11.5 Å². The summed E-state index contributed by atoms with van der Waals surface area (Å²) in [6, 6.07) is 15.5. The third kappa shape index (κ3) is 4.41. The molecule has 0 saturated carbocycles. The average molecular weight is 383 g/mol. The fraction of sp³-hybridized carbons (Fsp3) is 0.200. The molecule has 1 aliphatic rings. The minimum atomic E-state index is 0.278. The van der Waals surface area contributed by atoms with Gasteiger partial charge in [0.15, 0.2) is 11.5 Å². The van der Waals surface area contributed by atoms with E-state index in [0.717, 1.165) is 39.2 Å². The van der Waals surface area contributed by atoms with Crippen molar-refractivity contribution in [1.29, 1.82) is 0 Å². The van der Waals surface area contributed by atoms with Gasteiger partial charge in [0, 0.05) is 29.9 Å².